The summed E-state index contributed by atoms with van der Waals surface area (Å²) in [5, 5.41) is 23.0. The van der Waals surface area contributed by atoms with Gasteiger partial charge >= 0.3 is 0 Å². The number of nitrogens with one attached hydrogen (secondary N) is 4. The second-order valence-corrected chi connectivity index (χ2v) is 21.7. The number of halogens is 2. The molecular formula is C51H60ClFN10O6S2. The summed E-state index contributed by atoms with van der Waals surface area (Å²) in [6.45, 7) is 10.6. The number of β-amino-alcohol motifs (C(OH)–C–C–N with tert-alkyl or cyclic N) is 1. The molecule has 5 N–H and O–H groups in total. The van der Waals surface area contributed by atoms with Crippen LogP contribution >= 0.6 is 34.7 Å². The molecule has 71 heavy (non-hydrogen) atoms. The highest BCUT2D eigenvalue weighted by molar-refractivity contribution is 7.99. The SMILES string of the molecule is CNc1nc(Nc2ccc(C(=O)N3CCN(Cc4ccc(CSC(C)(C)[C@H](NC(=O)C5(F)CC5)C(=O)N5C[C@H](O)C[C@H]5C(=O)N[C@@H](C)c5ccc(-c6scnc6C)cc5)cc4)CC3)cc2OC)ncc1Cl. The van der Waals surface area contributed by atoms with Crippen molar-refractivity contribution < 1.29 is 33.4 Å². The van der Waals surface area contributed by atoms with Gasteiger partial charge in [0.2, 0.25) is 17.8 Å². The predicted octanol–water partition coefficient (Wildman–Crippen LogP) is 7.15. The van der Waals surface area contributed by atoms with Gasteiger partial charge in [-0.3, -0.25) is 24.1 Å². The molecule has 3 aromatic carbocycles. The number of carbonyl (C=O) groups excluding carboxylic acids is 4. The molecule has 0 spiro atoms. The number of benzene rings is 3. The maximum absolute atomic E-state index is 15.2. The van der Waals surface area contributed by atoms with Crippen LogP contribution in [0.25, 0.3) is 10.4 Å². The highest BCUT2D eigenvalue weighted by Gasteiger charge is 2.54. The van der Waals surface area contributed by atoms with Crippen LogP contribution in [0.4, 0.5) is 21.8 Å². The number of amides is 4. The van der Waals surface area contributed by atoms with Crippen molar-refractivity contribution in [3.8, 4) is 16.2 Å². The van der Waals surface area contributed by atoms with Gasteiger partial charge in [0.15, 0.2) is 5.67 Å². The zero-order valence-corrected chi connectivity index (χ0v) is 43.0. The Morgan fingerprint density at radius 3 is 2.35 bits per heavy atom. The monoisotopic (exact) mass is 1030 g/mol. The summed E-state index contributed by atoms with van der Waals surface area (Å²) in [4.78, 5) is 74.9. The number of aromatic nitrogens is 3. The van der Waals surface area contributed by atoms with Crippen molar-refractivity contribution in [1.82, 2.24) is 40.3 Å². The van der Waals surface area contributed by atoms with Crippen LogP contribution in [-0.2, 0) is 26.7 Å². The van der Waals surface area contributed by atoms with Crippen molar-refractivity contribution in [3.05, 3.63) is 111 Å². The van der Waals surface area contributed by atoms with Gasteiger partial charge in [0.05, 0.1) is 47.2 Å². The molecule has 3 aliphatic rings. The number of aliphatic hydroxyl groups is 1. The van der Waals surface area contributed by atoms with E-state index < -0.39 is 52.4 Å². The largest absolute Gasteiger partial charge is 0.495 e. The zero-order valence-electron chi connectivity index (χ0n) is 40.6. The summed E-state index contributed by atoms with van der Waals surface area (Å²) >= 11 is 9.14. The van der Waals surface area contributed by atoms with Crippen molar-refractivity contribution in [3.63, 3.8) is 0 Å². The fourth-order valence-electron chi connectivity index (χ4n) is 8.79. The molecule has 0 bridgehead atoms. The summed E-state index contributed by atoms with van der Waals surface area (Å²) in [7, 11) is 3.25. The number of anilines is 3. The molecule has 16 nitrogen and oxygen atoms in total. The number of hydrogen-bond acceptors (Lipinski definition) is 14. The van der Waals surface area contributed by atoms with Crippen LogP contribution in [-0.4, -0.2) is 134 Å². The number of nitrogens with zero attached hydrogens (tertiary/aromatic N) is 6. The Bertz CT molecular complexity index is 2730. The van der Waals surface area contributed by atoms with Crippen molar-refractivity contribution in [2.45, 2.75) is 93.9 Å². The molecule has 3 fully saturated rings. The molecule has 2 saturated heterocycles. The fraction of sp³-hybridized carbons (Fsp3) is 0.431. The first-order chi connectivity index (χ1) is 33.9. The highest BCUT2D eigenvalue weighted by atomic mass is 35.5. The number of aryl methyl sites for hydroxylation is 1. The number of rotatable bonds is 18. The summed E-state index contributed by atoms with van der Waals surface area (Å²) in [5.41, 5.74) is 5.81. The Labute approximate surface area is 426 Å². The first-order valence-corrected chi connectivity index (χ1v) is 25.9. The number of likely N-dealkylation sites (tertiary alicyclic amines) is 1. The number of thiazole rings is 1. The molecule has 4 amide bonds. The fourth-order valence-corrected chi connectivity index (χ4v) is 10.8. The third kappa shape index (κ3) is 12.1. The van der Waals surface area contributed by atoms with Crippen LogP contribution < -0.4 is 26.0 Å². The molecule has 5 aromatic rings. The highest BCUT2D eigenvalue weighted by Crippen LogP contribution is 2.41. The first-order valence-electron chi connectivity index (χ1n) is 23.6. The predicted molar refractivity (Wildman–Crippen MR) is 276 cm³/mol. The van der Waals surface area contributed by atoms with Crippen molar-refractivity contribution in [1.29, 1.82) is 0 Å². The molecule has 20 heteroatoms. The number of aliphatic hydroxyl groups excluding tert-OH is 1. The molecule has 0 radical (unpaired) electrons. The van der Waals surface area contributed by atoms with E-state index in [1.807, 2.05) is 69.0 Å². The van der Waals surface area contributed by atoms with E-state index in [0.717, 1.165) is 32.8 Å². The average molecular weight is 1030 g/mol. The zero-order chi connectivity index (χ0) is 50.6. The second kappa shape index (κ2) is 21.9. The Morgan fingerprint density at radius 2 is 1.70 bits per heavy atom. The summed E-state index contributed by atoms with van der Waals surface area (Å²) in [6, 6.07) is 18.7. The van der Waals surface area contributed by atoms with E-state index in [0.29, 0.717) is 72.3 Å². The van der Waals surface area contributed by atoms with Crippen LogP contribution in [0.1, 0.15) is 78.8 Å². The maximum atomic E-state index is 15.2. The number of piperazine rings is 1. The number of hydrogen-bond donors (Lipinski definition) is 5. The topological polar surface area (TPSA) is 194 Å². The summed E-state index contributed by atoms with van der Waals surface area (Å²) in [6.07, 6.45) is 0.720. The van der Waals surface area contributed by atoms with Gasteiger partial charge in [0, 0.05) is 68.8 Å². The van der Waals surface area contributed by atoms with Gasteiger partial charge in [-0.25, -0.2) is 14.4 Å². The lowest BCUT2D eigenvalue weighted by Crippen LogP contribution is -2.61. The van der Waals surface area contributed by atoms with Crippen molar-refractivity contribution in [2.24, 2.45) is 0 Å². The third-order valence-electron chi connectivity index (χ3n) is 13.3. The molecular weight excluding hydrogens is 967 g/mol. The van der Waals surface area contributed by atoms with Crippen molar-refractivity contribution in [2.75, 3.05) is 57.5 Å². The van der Waals surface area contributed by atoms with Gasteiger partial charge in [-0.2, -0.15) is 4.98 Å². The minimum absolute atomic E-state index is 0.0275. The lowest BCUT2D eigenvalue weighted by Gasteiger charge is -2.37. The number of ether oxygens (including phenoxy) is 1. The van der Waals surface area contributed by atoms with Gasteiger partial charge in [-0.05, 0) is 81.0 Å². The van der Waals surface area contributed by atoms with Crippen LogP contribution in [0.2, 0.25) is 5.02 Å². The minimum atomic E-state index is -2.03. The maximum Gasteiger partial charge on any atom is 0.258 e. The number of carbonyl (C=O) groups is 4. The molecule has 1 saturated carbocycles. The van der Waals surface area contributed by atoms with Gasteiger partial charge in [0.25, 0.3) is 11.8 Å². The normalized spacial score (nSPS) is 18.6. The molecule has 376 valence electrons. The number of methoxy groups -OCH3 is 1. The van der Waals surface area contributed by atoms with Crippen LogP contribution in [0.15, 0.2) is 78.4 Å². The lowest BCUT2D eigenvalue weighted by molar-refractivity contribution is -0.143. The van der Waals surface area contributed by atoms with Crippen molar-refractivity contribution >= 4 is 75.8 Å². The summed E-state index contributed by atoms with van der Waals surface area (Å²) in [5.74, 6) is -0.161. The second-order valence-electron chi connectivity index (χ2n) is 18.8. The number of thioether (sulfide) groups is 1. The smallest absolute Gasteiger partial charge is 0.258 e. The Hall–Kier alpha value is -5.86. The van der Waals surface area contributed by atoms with Crippen LogP contribution in [0, 0.1) is 6.92 Å². The Balaban J connectivity index is 0.853. The van der Waals surface area contributed by atoms with Crippen LogP contribution in [0.3, 0.4) is 0 Å². The minimum Gasteiger partial charge on any atom is -0.495 e. The van der Waals surface area contributed by atoms with E-state index in [1.165, 1.54) is 30.0 Å². The quantitative estimate of drug-likeness (QED) is 0.0595. The average Bonchev–Trinajstić information content (AvgIpc) is 3.78. The van der Waals surface area contributed by atoms with E-state index in [9.17, 15) is 24.3 Å². The van der Waals surface area contributed by atoms with E-state index in [1.54, 1.807) is 42.1 Å². The first kappa shape index (κ1) is 51.5. The van der Waals surface area contributed by atoms with E-state index in [4.69, 9.17) is 16.3 Å². The Kier molecular flexibility index (Phi) is 15.9. The van der Waals surface area contributed by atoms with Gasteiger partial charge in [0.1, 0.15) is 28.7 Å². The molecule has 4 atom stereocenters. The van der Waals surface area contributed by atoms with E-state index >= 15 is 4.39 Å². The molecule has 2 aliphatic heterocycles. The van der Waals surface area contributed by atoms with Crippen LogP contribution in [0.5, 0.6) is 5.75 Å². The van der Waals surface area contributed by atoms with Gasteiger partial charge < -0.3 is 40.9 Å². The molecule has 8 rings (SSSR count). The van der Waals surface area contributed by atoms with Gasteiger partial charge in [-0.1, -0.05) is 60.1 Å². The molecule has 2 aromatic heterocycles. The van der Waals surface area contributed by atoms with E-state index in [-0.39, 0.29) is 31.7 Å². The molecule has 0 unspecified atom stereocenters. The number of alkyl halides is 1. The standard InChI is InChI=1S/C51H60ClFN10O6S2/c1-30(34-11-13-35(14-12-34)42-31(2)56-29-70-42)57-45(65)40-24-37(64)27-63(40)47(67)43(59-48(68)51(53)17-18-51)50(3,4)71-28-33-9-7-32(8-10-33)26-61-19-21-62(22-20-61)46(66)36-15-16-39(41(23-36)69-6)58-49-55-25-38(52)44(54-5)60-49/h7-16,23,25,29-30,37,40,43,64H,17-22,24,26-28H2,1-6H3,(H,57,65)(H,59,68)(H2,54,55,58,60)/t30-,37+,40-,43+/m0/s1. The summed E-state index contributed by atoms with van der Waals surface area (Å²) < 4.78 is 19.8. The third-order valence-corrected chi connectivity index (χ3v) is 16.0. The lowest BCUT2D eigenvalue weighted by atomic mass is 10.00. The van der Waals surface area contributed by atoms with Gasteiger partial charge in [-0.15, -0.1) is 23.1 Å². The Morgan fingerprint density at radius 1 is 1.00 bits per heavy atom. The molecule has 4 heterocycles. The van der Waals surface area contributed by atoms with E-state index in [2.05, 4.69) is 53.3 Å². The molecule has 1 aliphatic carbocycles.